The number of rotatable bonds is 9. The number of anilines is 2. The standard InChI is InChI=1S/C29H26F6N2O6S/c30-20-10-18(11-23(14-20)43-28(31)32)17-4-5-25-26(12-17)37(44(40,41)24-3-1-2-19(13-24)29(33,34)35)16-21-15-22(6-8-36(21)25)42-9-7-27(38)39/h1-5,10-14,21-22,28H,6-9,15-16H2,(H,38,39)/t21-,22+/m0/s1. The van der Waals surface area contributed by atoms with Gasteiger partial charge in [0.1, 0.15) is 11.6 Å². The molecule has 0 aliphatic carbocycles. The topological polar surface area (TPSA) is 96.4 Å². The van der Waals surface area contributed by atoms with Crippen LogP contribution in [0.1, 0.15) is 24.8 Å². The van der Waals surface area contributed by atoms with Gasteiger partial charge in [0.2, 0.25) is 0 Å². The lowest BCUT2D eigenvalue weighted by molar-refractivity contribution is -0.139. The fourth-order valence-corrected chi connectivity index (χ4v) is 7.05. The molecule has 0 radical (unpaired) electrons. The first-order valence-corrected chi connectivity index (χ1v) is 14.9. The molecule has 3 aromatic rings. The Morgan fingerprint density at radius 1 is 1.02 bits per heavy atom. The maximum Gasteiger partial charge on any atom is 0.416 e. The summed E-state index contributed by atoms with van der Waals surface area (Å²) in [5, 5.41) is 8.92. The van der Waals surface area contributed by atoms with Crippen LogP contribution in [-0.4, -0.2) is 57.9 Å². The molecular formula is C29H26F6N2O6S. The first-order chi connectivity index (χ1) is 20.7. The minimum absolute atomic E-state index is 0.0379. The third-order valence-electron chi connectivity index (χ3n) is 7.45. The fourth-order valence-electron chi connectivity index (χ4n) is 5.49. The average molecular weight is 645 g/mol. The lowest BCUT2D eigenvalue weighted by atomic mass is 9.94. The van der Waals surface area contributed by atoms with Crippen molar-refractivity contribution in [1.29, 1.82) is 0 Å². The van der Waals surface area contributed by atoms with Crippen molar-refractivity contribution in [2.75, 3.05) is 28.9 Å². The Bertz CT molecular complexity index is 1650. The van der Waals surface area contributed by atoms with E-state index >= 15 is 0 Å². The molecule has 0 bridgehead atoms. The normalized spacial score (nSPS) is 18.6. The molecule has 1 fully saturated rings. The Kier molecular flexibility index (Phi) is 8.71. The van der Waals surface area contributed by atoms with E-state index in [-0.39, 0.29) is 42.5 Å². The van der Waals surface area contributed by atoms with Gasteiger partial charge in [-0.05, 0) is 66.4 Å². The molecule has 0 saturated carbocycles. The van der Waals surface area contributed by atoms with Crippen molar-refractivity contribution < 1.29 is 54.1 Å². The van der Waals surface area contributed by atoms with E-state index in [1.807, 2.05) is 4.90 Å². The van der Waals surface area contributed by atoms with E-state index in [1.165, 1.54) is 6.07 Å². The van der Waals surface area contributed by atoms with Crippen LogP contribution in [-0.2, 0) is 25.7 Å². The molecule has 44 heavy (non-hydrogen) atoms. The van der Waals surface area contributed by atoms with Crippen molar-refractivity contribution >= 4 is 27.4 Å². The van der Waals surface area contributed by atoms with Gasteiger partial charge < -0.3 is 19.5 Å². The van der Waals surface area contributed by atoms with Crippen molar-refractivity contribution in [2.24, 2.45) is 0 Å². The number of nitrogens with zero attached hydrogens (tertiary/aromatic N) is 2. The second-order valence-electron chi connectivity index (χ2n) is 10.3. The van der Waals surface area contributed by atoms with Crippen LogP contribution in [0.3, 0.4) is 0 Å². The number of carboxylic acid groups (broad SMARTS) is 1. The van der Waals surface area contributed by atoms with Crippen LogP contribution in [0.5, 0.6) is 5.75 Å². The van der Waals surface area contributed by atoms with Gasteiger partial charge >= 0.3 is 18.8 Å². The lowest BCUT2D eigenvalue weighted by Gasteiger charge is -2.48. The monoisotopic (exact) mass is 644 g/mol. The Morgan fingerprint density at radius 3 is 2.50 bits per heavy atom. The minimum atomic E-state index is -4.80. The number of aliphatic carboxylic acids is 1. The van der Waals surface area contributed by atoms with Gasteiger partial charge in [-0.15, -0.1) is 0 Å². The lowest BCUT2D eigenvalue weighted by Crippen LogP contribution is -2.55. The summed E-state index contributed by atoms with van der Waals surface area (Å²) in [6, 6.07) is 10.4. The predicted octanol–water partition coefficient (Wildman–Crippen LogP) is 6.15. The number of fused-ring (bicyclic) bond motifs is 3. The highest BCUT2D eigenvalue weighted by Gasteiger charge is 2.41. The number of ether oxygens (including phenoxy) is 2. The van der Waals surface area contributed by atoms with E-state index in [0.29, 0.717) is 31.1 Å². The molecule has 0 aromatic heterocycles. The maximum absolute atomic E-state index is 14.3. The highest BCUT2D eigenvalue weighted by molar-refractivity contribution is 7.92. The van der Waals surface area contributed by atoms with E-state index in [0.717, 1.165) is 40.7 Å². The Labute approximate surface area is 248 Å². The molecule has 2 aliphatic rings. The van der Waals surface area contributed by atoms with Crippen LogP contribution in [0.2, 0.25) is 0 Å². The van der Waals surface area contributed by atoms with Gasteiger partial charge in [0, 0.05) is 12.6 Å². The summed E-state index contributed by atoms with van der Waals surface area (Å²) in [4.78, 5) is 12.2. The van der Waals surface area contributed by atoms with Crippen LogP contribution in [0, 0.1) is 5.82 Å². The summed E-state index contributed by atoms with van der Waals surface area (Å²) in [7, 11) is -4.60. The van der Waals surface area contributed by atoms with Gasteiger partial charge in [0.25, 0.3) is 10.0 Å². The Hall–Kier alpha value is -3.98. The molecule has 0 amide bonds. The Balaban J connectivity index is 1.57. The van der Waals surface area contributed by atoms with E-state index in [4.69, 9.17) is 9.84 Å². The van der Waals surface area contributed by atoms with Crippen molar-refractivity contribution in [3.8, 4) is 16.9 Å². The zero-order chi connectivity index (χ0) is 31.8. The number of hydrogen-bond acceptors (Lipinski definition) is 6. The largest absolute Gasteiger partial charge is 0.481 e. The summed E-state index contributed by atoms with van der Waals surface area (Å²) in [5.74, 6) is -2.37. The minimum Gasteiger partial charge on any atom is -0.481 e. The number of piperidine rings is 1. The molecule has 15 heteroatoms. The van der Waals surface area contributed by atoms with Crippen LogP contribution in [0.25, 0.3) is 11.1 Å². The average Bonchev–Trinajstić information content (AvgIpc) is 2.95. The highest BCUT2D eigenvalue weighted by Crippen LogP contribution is 2.44. The SMILES string of the molecule is O=C(O)CCO[C@@H]1CCN2c3ccc(-c4cc(F)cc(OC(F)F)c4)cc3N(S(=O)(=O)c3cccc(C(F)(F)F)c3)C[C@@H]2C1. The first kappa shape index (κ1) is 31.4. The number of hydrogen-bond donors (Lipinski definition) is 1. The van der Waals surface area contributed by atoms with Crippen LogP contribution < -0.4 is 13.9 Å². The molecule has 2 atom stereocenters. The third kappa shape index (κ3) is 6.73. The van der Waals surface area contributed by atoms with Gasteiger partial charge in [-0.2, -0.15) is 22.0 Å². The Morgan fingerprint density at radius 2 is 1.80 bits per heavy atom. The predicted molar refractivity (Wildman–Crippen MR) is 147 cm³/mol. The first-order valence-electron chi connectivity index (χ1n) is 13.4. The molecule has 1 N–H and O–H groups in total. The number of sulfonamides is 1. The second-order valence-corrected chi connectivity index (χ2v) is 12.2. The maximum atomic E-state index is 14.3. The molecule has 8 nitrogen and oxygen atoms in total. The number of carbonyl (C=O) groups is 1. The highest BCUT2D eigenvalue weighted by atomic mass is 32.2. The molecule has 5 rings (SSSR count). The molecule has 0 spiro atoms. The van der Waals surface area contributed by atoms with Crippen molar-refractivity contribution in [3.63, 3.8) is 0 Å². The van der Waals surface area contributed by atoms with Gasteiger partial charge in [-0.1, -0.05) is 12.1 Å². The van der Waals surface area contributed by atoms with E-state index in [1.54, 1.807) is 12.1 Å². The molecule has 236 valence electrons. The van der Waals surface area contributed by atoms with Gasteiger partial charge in [0.05, 0.1) is 53.6 Å². The molecule has 2 aliphatic heterocycles. The van der Waals surface area contributed by atoms with Crippen LogP contribution in [0.4, 0.5) is 37.7 Å². The quantitative estimate of drug-likeness (QED) is 0.279. The van der Waals surface area contributed by atoms with Crippen molar-refractivity contribution in [2.45, 2.75) is 49.1 Å². The zero-order valence-corrected chi connectivity index (χ0v) is 23.6. The zero-order valence-electron chi connectivity index (χ0n) is 22.8. The summed E-state index contributed by atoms with van der Waals surface area (Å²) >= 11 is 0. The van der Waals surface area contributed by atoms with Crippen LogP contribution >= 0.6 is 0 Å². The smallest absolute Gasteiger partial charge is 0.416 e. The summed E-state index contributed by atoms with van der Waals surface area (Å²) < 4.78 is 119. The molecule has 0 unspecified atom stereocenters. The number of benzene rings is 3. The summed E-state index contributed by atoms with van der Waals surface area (Å²) in [5.41, 5.74) is -0.265. The molecular weight excluding hydrogens is 618 g/mol. The van der Waals surface area contributed by atoms with E-state index in [9.17, 15) is 39.6 Å². The third-order valence-corrected chi connectivity index (χ3v) is 9.22. The van der Waals surface area contributed by atoms with Crippen LogP contribution in [0.15, 0.2) is 65.6 Å². The second kappa shape index (κ2) is 12.2. The number of carboxylic acids is 1. The summed E-state index contributed by atoms with van der Waals surface area (Å²) in [6.45, 7) is -3.03. The number of halogens is 6. The van der Waals surface area contributed by atoms with Gasteiger partial charge in [-0.3, -0.25) is 9.10 Å². The summed E-state index contributed by atoms with van der Waals surface area (Å²) in [6.07, 6.45) is -4.58. The molecule has 3 aromatic carbocycles. The van der Waals surface area contributed by atoms with Crippen molar-refractivity contribution in [1.82, 2.24) is 0 Å². The number of alkyl halides is 5. The molecule has 2 heterocycles. The van der Waals surface area contributed by atoms with E-state index < -0.39 is 56.8 Å². The van der Waals surface area contributed by atoms with Gasteiger partial charge in [0.15, 0.2) is 0 Å². The van der Waals surface area contributed by atoms with Crippen molar-refractivity contribution in [3.05, 3.63) is 72.0 Å². The van der Waals surface area contributed by atoms with E-state index in [2.05, 4.69) is 4.74 Å². The van der Waals surface area contributed by atoms with Gasteiger partial charge in [-0.25, -0.2) is 12.8 Å². The molecule has 1 saturated heterocycles. The fraction of sp³-hybridized carbons (Fsp3) is 0.345.